The van der Waals surface area contributed by atoms with Gasteiger partial charge in [0.25, 0.3) is 11.8 Å². The maximum Gasteiger partial charge on any atom is 0.260 e. The van der Waals surface area contributed by atoms with E-state index in [-0.39, 0.29) is 16.8 Å². The fraction of sp³-hybridized carbons (Fsp3) is 0. The van der Waals surface area contributed by atoms with Crippen LogP contribution >= 0.6 is 23.2 Å². The zero-order valence-corrected chi connectivity index (χ0v) is 15.8. The first-order chi connectivity index (χ1) is 13.6. The number of para-hydroxylation sites is 1. The number of rotatable bonds is 4. The van der Waals surface area contributed by atoms with E-state index in [0.29, 0.717) is 27.7 Å². The number of carbonyl (C=O) groups is 1. The molecule has 0 spiro atoms. The van der Waals surface area contributed by atoms with E-state index in [4.69, 9.17) is 27.7 Å². The van der Waals surface area contributed by atoms with Crippen LogP contribution in [0.3, 0.4) is 0 Å². The van der Waals surface area contributed by atoms with Crippen molar-refractivity contribution < 1.29 is 9.32 Å². The van der Waals surface area contributed by atoms with Gasteiger partial charge in [0.2, 0.25) is 5.82 Å². The van der Waals surface area contributed by atoms with Crippen molar-refractivity contribution in [2.75, 3.05) is 5.32 Å². The van der Waals surface area contributed by atoms with Gasteiger partial charge < -0.3 is 9.84 Å². The summed E-state index contributed by atoms with van der Waals surface area (Å²) in [7, 11) is 0. The van der Waals surface area contributed by atoms with Crippen LogP contribution in [0, 0.1) is 0 Å². The Morgan fingerprint density at radius 3 is 2.68 bits per heavy atom. The average molecular weight is 411 g/mol. The Morgan fingerprint density at radius 2 is 1.89 bits per heavy atom. The van der Waals surface area contributed by atoms with Crippen LogP contribution in [-0.2, 0) is 0 Å². The van der Waals surface area contributed by atoms with Gasteiger partial charge in [0, 0.05) is 23.0 Å². The van der Waals surface area contributed by atoms with Gasteiger partial charge >= 0.3 is 0 Å². The quantitative estimate of drug-likeness (QED) is 0.489. The minimum Gasteiger partial charge on any atom is -0.334 e. The van der Waals surface area contributed by atoms with Crippen molar-refractivity contribution in [1.82, 2.24) is 15.1 Å². The molecule has 0 aliphatic rings. The van der Waals surface area contributed by atoms with Crippen molar-refractivity contribution in [3.63, 3.8) is 0 Å². The highest BCUT2D eigenvalue weighted by atomic mass is 35.5. The molecule has 0 fully saturated rings. The van der Waals surface area contributed by atoms with Crippen LogP contribution < -0.4 is 5.32 Å². The van der Waals surface area contributed by atoms with Crippen LogP contribution in [-0.4, -0.2) is 21.0 Å². The second-order valence-corrected chi connectivity index (χ2v) is 6.63. The Morgan fingerprint density at radius 1 is 1.04 bits per heavy atom. The molecule has 0 saturated carbocycles. The predicted octanol–water partition coefficient (Wildman–Crippen LogP) is 5.36. The normalized spacial score (nSPS) is 10.6. The number of amides is 1. The van der Waals surface area contributed by atoms with Gasteiger partial charge in [0.05, 0.1) is 21.8 Å². The number of nitrogens with one attached hydrogen (secondary N) is 1. The van der Waals surface area contributed by atoms with E-state index < -0.39 is 0 Å². The van der Waals surface area contributed by atoms with E-state index in [0.717, 1.165) is 5.56 Å². The topological polar surface area (TPSA) is 80.9 Å². The molecule has 8 heteroatoms. The molecule has 0 radical (unpaired) electrons. The Balaban J connectivity index is 1.64. The molecule has 0 saturated heterocycles. The number of nitrogens with zero attached hydrogens (tertiary/aromatic N) is 3. The van der Waals surface area contributed by atoms with Gasteiger partial charge in [-0.25, -0.2) is 0 Å². The minimum absolute atomic E-state index is 0.263. The molecule has 0 unspecified atom stereocenters. The number of halogens is 2. The SMILES string of the molecule is O=C(Nc1ccccc1-c1nc(-c2cccnc2)no1)c1ccc(Cl)cc1Cl. The molecule has 28 heavy (non-hydrogen) atoms. The number of hydrogen-bond donors (Lipinski definition) is 1. The van der Waals surface area contributed by atoms with E-state index in [2.05, 4.69) is 20.4 Å². The predicted molar refractivity (Wildman–Crippen MR) is 107 cm³/mol. The number of aromatic nitrogens is 3. The summed E-state index contributed by atoms with van der Waals surface area (Å²) >= 11 is 12.0. The van der Waals surface area contributed by atoms with E-state index in [1.54, 1.807) is 48.8 Å². The first-order valence-corrected chi connectivity index (χ1v) is 8.97. The van der Waals surface area contributed by atoms with Crippen LogP contribution in [0.2, 0.25) is 10.0 Å². The highest BCUT2D eigenvalue weighted by Gasteiger charge is 2.17. The molecule has 4 rings (SSSR count). The summed E-state index contributed by atoms with van der Waals surface area (Å²) in [6, 6.07) is 15.4. The summed E-state index contributed by atoms with van der Waals surface area (Å²) in [4.78, 5) is 21.1. The molecule has 2 aromatic carbocycles. The summed E-state index contributed by atoms with van der Waals surface area (Å²) < 4.78 is 5.39. The van der Waals surface area contributed by atoms with Crippen molar-refractivity contribution in [3.8, 4) is 22.8 Å². The van der Waals surface area contributed by atoms with Gasteiger partial charge in [-0.2, -0.15) is 4.98 Å². The van der Waals surface area contributed by atoms with Gasteiger partial charge in [-0.1, -0.05) is 40.5 Å². The molecule has 0 bridgehead atoms. The fourth-order valence-corrected chi connectivity index (χ4v) is 3.08. The van der Waals surface area contributed by atoms with Gasteiger partial charge in [-0.15, -0.1) is 0 Å². The van der Waals surface area contributed by atoms with E-state index >= 15 is 0 Å². The molecular weight excluding hydrogens is 399 g/mol. The average Bonchev–Trinajstić information content (AvgIpc) is 3.19. The smallest absolute Gasteiger partial charge is 0.260 e. The van der Waals surface area contributed by atoms with Gasteiger partial charge in [0.15, 0.2) is 0 Å². The molecule has 138 valence electrons. The Kier molecular flexibility index (Phi) is 5.06. The highest BCUT2D eigenvalue weighted by Crippen LogP contribution is 2.29. The first kappa shape index (κ1) is 18.2. The molecular formula is C20H12Cl2N4O2. The van der Waals surface area contributed by atoms with Crippen LogP contribution in [0.5, 0.6) is 0 Å². The lowest BCUT2D eigenvalue weighted by Gasteiger charge is -2.09. The first-order valence-electron chi connectivity index (χ1n) is 8.22. The molecule has 2 aromatic heterocycles. The molecule has 2 heterocycles. The largest absolute Gasteiger partial charge is 0.334 e. The van der Waals surface area contributed by atoms with Crippen molar-refractivity contribution in [2.24, 2.45) is 0 Å². The zero-order valence-electron chi connectivity index (χ0n) is 14.3. The maximum atomic E-state index is 12.6. The van der Waals surface area contributed by atoms with Gasteiger partial charge in [-0.05, 0) is 42.5 Å². The summed E-state index contributed by atoms with van der Waals surface area (Å²) in [5.74, 6) is 0.308. The Bertz CT molecular complexity index is 1150. The summed E-state index contributed by atoms with van der Waals surface area (Å²) in [5.41, 5.74) is 2.14. The number of anilines is 1. The third-order valence-corrected chi connectivity index (χ3v) is 4.48. The maximum absolute atomic E-state index is 12.6. The van der Waals surface area contributed by atoms with Crippen LogP contribution in [0.25, 0.3) is 22.8 Å². The number of benzene rings is 2. The van der Waals surface area contributed by atoms with Crippen molar-refractivity contribution in [2.45, 2.75) is 0 Å². The van der Waals surface area contributed by atoms with E-state index in [1.165, 1.54) is 6.07 Å². The third kappa shape index (κ3) is 3.74. The molecule has 0 atom stereocenters. The third-order valence-electron chi connectivity index (χ3n) is 3.93. The molecule has 0 aliphatic heterocycles. The monoisotopic (exact) mass is 410 g/mol. The Labute approximate surface area is 170 Å². The minimum atomic E-state index is -0.374. The fourth-order valence-electron chi connectivity index (χ4n) is 2.59. The van der Waals surface area contributed by atoms with Crippen molar-refractivity contribution in [3.05, 3.63) is 82.6 Å². The molecule has 0 aliphatic carbocycles. The lowest BCUT2D eigenvalue weighted by Crippen LogP contribution is -2.13. The standard InChI is InChI=1S/C20H12Cl2N4O2/c21-13-7-8-14(16(22)10-13)19(27)24-17-6-2-1-5-15(17)20-25-18(26-28-20)12-4-3-9-23-11-12/h1-11H,(H,24,27). The number of carbonyl (C=O) groups excluding carboxylic acids is 1. The van der Waals surface area contributed by atoms with Crippen molar-refractivity contribution >= 4 is 34.8 Å². The molecule has 4 aromatic rings. The number of hydrogen-bond acceptors (Lipinski definition) is 5. The second-order valence-electron chi connectivity index (χ2n) is 5.79. The molecule has 1 N–H and O–H groups in total. The van der Waals surface area contributed by atoms with E-state index in [1.807, 2.05) is 12.1 Å². The zero-order chi connectivity index (χ0) is 19.5. The van der Waals surface area contributed by atoms with Crippen LogP contribution in [0.1, 0.15) is 10.4 Å². The molecule has 1 amide bonds. The number of pyridine rings is 1. The van der Waals surface area contributed by atoms with Crippen LogP contribution in [0.15, 0.2) is 71.5 Å². The highest BCUT2D eigenvalue weighted by molar-refractivity contribution is 6.37. The van der Waals surface area contributed by atoms with Gasteiger partial charge in [-0.3, -0.25) is 9.78 Å². The second kappa shape index (κ2) is 7.80. The van der Waals surface area contributed by atoms with E-state index in [9.17, 15) is 4.79 Å². The Hall–Kier alpha value is -3.22. The van der Waals surface area contributed by atoms with Crippen molar-refractivity contribution in [1.29, 1.82) is 0 Å². The van der Waals surface area contributed by atoms with Crippen LogP contribution in [0.4, 0.5) is 5.69 Å². The lowest BCUT2D eigenvalue weighted by molar-refractivity contribution is 0.102. The van der Waals surface area contributed by atoms with Gasteiger partial charge in [0.1, 0.15) is 0 Å². The summed E-state index contributed by atoms with van der Waals surface area (Å²) in [5, 5.41) is 7.54. The lowest BCUT2D eigenvalue weighted by atomic mass is 10.1. The summed E-state index contributed by atoms with van der Waals surface area (Å²) in [6.07, 6.45) is 3.31. The molecule has 6 nitrogen and oxygen atoms in total. The summed E-state index contributed by atoms with van der Waals surface area (Å²) in [6.45, 7) is 0.